The molecule has 0 aliphatic heterocycles. The minimum atomic E-state index is -1.16. The van der Waals surface area contributed by atoms with Gasteiger partial charge in [-0.2, -0.15) is 0 Å². The standard InChI is InChI=1S/C16H24N4O5/c21-9-12(15(24)18-10-6-4-2-1-3-5-7-10)19-13(22)11-8-17-16(25)20-14(11)23/h8,10,12,21H,1-7,9H2,(H,18,24)(H,19,22)(H2,17,20,23,25). The lowest BCUT2D eigenvalue weighted by molar-refractivity contribution is -0.124. The van der Waals surface area contributed by atoms with Crippen LogP contribution < -0.4 is 21.9 Å². The second-order valence-electron chi connectivity index (χ2n) is 6.24. The summed E-state index contributed by atoms with van der Waals surface area (Å²) in [5, 5.41) is 14.6. The fraction of sp³-hybridized carbons (Fsp3) is 0.625. The molecule has 2 rings (SSSR count). The van der Waals surface area contributed by atoms with E-state index in [-0.39, 0.29) is 11.6 Å². The van der Waals surface area contributed by atoms with E-state index in [1.807, 2.05) is 4.98 Å². The van der Waals surface area contributed by atoms with E-state index in [1.54, 1.807) is 0 Å². The molecule has 9 nitrogen and oxygen atoms in total. The van der Waals surface area contributed by atoms with Crippen molar-refractivity contribution in [2.75, 3.05) is 6.61 Å². The zero-order chi connectivity index (χ0) is 18.2. The zero-order valence-corrected chi connectivity index (χ0v) is 14.0. The number of H-pyrrole nitrogens is 2. The lowest BCUT2D eigenvalue weighted by atomic mass is 9.96. The van der Waals surface area contributed by atoms with Crippen molar-refractivity contribution in [3.63, 3.8) is 0 Å². The van der Waals surface area contributed by atoms with Crippen molar-refractivity contribution in [3.05, 3.63) is 32.6 Å². The molecule has 1 atom stereocenters. The number of aliphatic hydroxyl groups excluding tert-OH is 1. The molecule has 1 heterocycles. The molecule has 1 aliphatic rings. The van der Waals surface area contributed by atoms with Crippen molar-refractivity contribution in [1.29, 1.82) is 0 Å². The van der Waals surface area contributed by atoms with Crippen LogP contribution in [0.3, 0.4) is 0 Å². The van der Waals surface area contributed by atoms with E-state index in [1.165, 1.54) is 6.42 Å². The number of rotatable bonds is 5. The molecule has 0 radical (unpaired) electrons. The summed E-state index contributed by atoms with van der Waals surface area (Å²) >= 11 is 0. The van der Waals surface area contributed by atoms with Crippen LogP contribution in [-0.4, -0.2) is 45.6 Å². The molecule has 0 bridgehead atoms. The van der Waals surface area contributed by atoms with Gasteiger partial charge in [0.25, 0.3) is 11.5 Å². The van der Waals surface area contributed by atoms with Crippen molar-refractivity contribution in [3.8, 4) is 0 Å². The molecule has 0 aromatic carbocycles. The van der Waals surface area contributed by atoms with Crippen molar-refractivity contribution in [1.82, 2.24) is 20.6 Å². The van der Waals surface area contributed by atoms with Crippen molar-refractivity contribution in [2.24, 2.45) is 0 Å². The van der Waals surface area contributed by atoms with Gasteiger partial charge < -0.3 is 20.7 Å². The number of amides is 2. The predicted molar refractivity (Wildman–Crippen MR) is 90.3 cm³/mol. The molecule has 0 spiro atoms. The van der Waals surface area contributed by atoms with Gasteiger partial charge in [-0.05, 0) is 12.8 Å². The largest absolute Gasteiger partial charge is 0.394 e. The first-order chi connectivity index (χ1) is 12.0. The van der Waals surface area contributed by atoms with E-state index in [9.17, 15) is 24.3 Å². The first kappa shape index (κ1) is 18.9. The Morgan fingerprint density at radius 1 is 1.16 bits per heavy atom. The van der Waals surface area contributed by atoms with E-state index in [0.717, 1.165) is 44.7 Å². The molecule has 1 saturated carbocycles. The fourth-order valence-corrected chi connectivity index (χ4v) is 2.91. The molecule has 1 aromatic rings. The average molecular weight is 352 g/mol. The Morgan fingerprint density at radius 2 is 1.80 bits per heavy atom. The number of aromatic nitrogens is 2. The first-order valence-corrected chi connectivity index (χ1v) is 8.55. The first-order valence-electron chi connectivity index (χ1n) is 8.55. The van der Waals surface area contributed by atoms with Gasteiger partial charge in [-0.25, -0.2) is 4.79 Å². The SMILES string of the molecule is O=C(NC(CO)C(=O)NC1CCCCCCC1)c1c[nH]c(=O)[nH]c1=O. The highest BCUT2D eigenvalue weighted by atomic mass is 16.3. The van der Waals surface area contributed by atoms with Gasteiger partial charge in [0.2, 0.25) is 5.91 Å². The zero-order valence-electron chi connectivity index (χ0n) is 14.0. The number of carbonyl (C=O) groups excluding carboxylic acids is 2. The van der Waals surface area contributed by atoms with Crippen molar-refractivity contribution in [2.45, 2.75) is 57.0 Å². The summed E-state index contributed by atoms with van der Waals surface area (Å²) in [6.07, 6.45) is 8.28. The normalized spacial score (nSPS) is 17.2. The molecule has 1 fully saturated rings. The second-order valence-corrected chi connectivity index (χ2v) is 6.24. The second kappa shape index (κ2) is 9.16. The molecule has 2 amide bonds. The number of aromatic amines is 2. The third-order valence-corrected chi connectivity index (χ3v) is 4.32. The summed E-state index contributed by atoms with van der Waals surface area (Å²) in [7, 11) is 0. The Bertz CT molecular complexity index is 703. The highest BCUT2D eigenvalue weighted by molar-refractivity contribution is 5.97. The molecule has 0 saturated heterocycles. The van der Waals surface area contributed by atoms with E-state index in [2.05, 4.69) is 15.6 Å². The Balaban J connectivity index is 1.97. The lowest BCUT2D eigenvalue weighted by Gasteiger charge is -2.24. The Kier molecular flexibility index (Phi) is 6.93. The number of nitrogens with one attached hydrogen (secondary N) is 4. The van der Waals surface area contributed by atoms with Crippen LogP contribution in [0.2, 0.25) is 0 Å². The summed E-state index contributed by atoms with van der Waals surface area (Å²) in [4.78, 5) is 51.1. The maximum atomic E-state index is 12.3. The van der Waals surface area contributed by atoms with Crippen LogP contribution >= 0.6 is 0 Å². The highest BCUT2D eigenvalue weighted by Gasteiger charge is 2.24. The van der Waals surface area contributed by atoms with Gasteiger partial charge >= 0.3 is 5.69 Å². The summed E-state index contributed by atoms with van der Waals surface area (Å²) in [5.74, 6) is -1.33. The highest BCUT2D eigenvalue weighted by Crippen LogP contribution is 2.17. The van der Waals surface area contributed by atoms with E-state index >= 15 is 0 Å². The van der Waals surface area contributed by atoms with Crippen molar-refractivity contribution >= 4 is 11.8 Å². The number of hydrogen-bond acceptors (Lipinski definition) is 5. The predicted octanol–water partition coefficient (Wildman–Crippen LogP) is -0.617. The van der Waals surface area contributed by atoms with E-state index in [0.29, 0.717) is 0 Å². The topological polar surface area (TPSA) is 144 Å². The third kappa shape index (κ3) is 5.56. The Hall–Kier alpha value is -2.42. The minimum absolute atomic E-state index is 0.0234. The quantitative estimate of drug-likeness (QED) is 0.480. The van der Waals surface area contributed by atoms with Gasteiger partial charge in [-0.15, -0.1) is 0 Å². The van der Waals surface area contributed by atoms with Gasteiger partial charge in [-0.3, -0.25) is 19.4 Å². The van der Waals surface area contributed by atoms with E-state index < -0.39 is 35.7 Å². The van der Waals surface area contributed by atoms with Gasteiger partial charge in [0.1, 0.15) is 11.6 Å². The smallest absolute Gasteiger partial charge is 0.325 e. The van der Waals surface area contributed by atoms with Crippen LogP contribution in [-0.2, 0) is 4.79 Å². The molecule has 138 valence electrons. The molecular weight excluding hydrogens is 328 g/mol. The lowest BCUT2D eigenvalue weighted by Crippen LogP contribution is -2.52. The van der Waals surface area contributed by atoms with Crippen LogP contribution in [0.25, 0.3) is 0 Å². The number of aliphatic hydroxyl groups is 1. The summed E-state index contributed by atoms with van der Waals surface area (Å²) in [6, 6.07) is -1.14. The Morgan fingerprint density at radius 3 is 2.40 bits per heavy atom. The molecule has 25 heavy (non-hydrogen) atoms. The minimum Gasteiger partial charge on any atom is -0.394 e. The Labute approximate surface area is 144 Å². The number of carbonyl (C=O) groups is 2. The molecular formula is C16H24N4O5. The van der Waals surface area contributed by atoms with Crippen LogP contribution in [0.5, 0.6) is 0 Å². The van der Waals surface area contributed by atoms with Crippen LogP contribution in [0.1, 0.15) is 55.3 Å². The van der Waals surface area contributed by atoms with Gasteiger partial charge in [0.15, 0.2) is 0 Å². The molecule has 1 unspecified atom stereocenters. The maximum Gasteiger partial charge on any atom is 0.325 e. The van der Waals surface area contributed by atoms with Crippen LogP contribution in [0.15, 0.2) is 15.8 Å². The summed E-state index contributed by atoms with van der Waals surface area (Å²) in [6.45, 7) is -0.592. The van der Waals surface area contributed by atoms with Gasteiger partial charge in [0, 0.05) is 12.2 Å². The van der Waals surface area contributed by atoms with Crippen LogP contribution in [0.4, 0.5) is 0 Å². The third-order valence-electron chi connectivity index (χ3n) is 4.32. The van der Waals surface area contributed by atoms with E-state index in [4.69, 9.17) is 0 Å². The maximum absolute atomic E-state index is 12.3. The van der Waals surface area contributed by atoms with Gasteiger partial charge in [0.05, 0.1) is 6.61 Å². The monoisotopic (exact) mass is 352 g/mol. The molecule has 5 N–H and O–H groups in total. The summed E-state index contributed by atoms with van der Waals surface area (Å²) < 4.78 is 0. The average Bonchev–Trinajstić information content (AvgIpc) is 2.54. The van der Waals surface area contributed by atoms with Gasteiger partial charge in [-0.1, -0.05) is 32.1 Å². The molecule has 1 aromatic heterocycles. The molecule has 1 aliphatic carbocycles. The summed E-state index contributed by atoms with van der Waals surface area (Å²) in [5.41, 5.74) is -1.93. The van der Waals surface area contributed by atoms with Crippen molar-refractivity contribution < 1.29 is 14.7 Å². The number of hydrogen-bond donors (Lipinski definition) is 5. The molecule has 9 heteroatoms. The van der Waals surface area contributed by atoms with Crippen LogP contribution in [0, 0.1) is 0 Å². The fourth-order valence-electron chi connectivity index (χ4n) is 2.91.